The van der Waals surface area contributed by atoms with Gasteiger partial charge in [-0.3, -0.25) is 4.79 Å². The molecule has 0 aromatic heterocycles. The summed E-state index contributed by atoms with van der Waals surface area (Å²) in [5, 5.41) is 9.59. The van der Waals surface area contributed by atoms with Crippen molar-refractivity contribution in [1.82, 2.24) is 0 Å². The van der Waals surface area contributed by atoms with Crippen molar-refractivity contribution in [1.29, 1.82) is 0 Å². The maximum atomic E-state index is 11.6. The van der Waals surface area contributed by atoms with Crippen LogP contribution in [0.25, 0.3) is 0 Å². The Labute approximate surface area is 96.1 Å². The number of carbonyl (C=O) groups excluding carboxylic acids is 1. The van der Waals surface area contributed by atoms with E-state index in [0.717, 1.165) is 12.8 Å². The van der Waals surface area contributed by atoms with Crippen molar-refractivity contribution >= 4 is 5.97 Å². The first-order valence-corrected chi connectivity index (χ1v) is 5.61. The zero-order valence-corrected chi connectivity index (χ0v) is 9.77. The van der Waals surface area contributed by atoms with E-state index in [1.165, 1.54) is 0 Å². The van der Waals surface area contributed by atoms with Crippen molar-refractivity contribution in [2.45, 2.75) is 32.6 Å². The van der Waals surface area contributed by atoms with Crippen LogP contribution in [0.3, 0.4) is 0 Å². The maximum absolute atomic E-state index is 11.6. The highest BCUT2D eigenvalue weighted by Crippen LogP contribution is 2.25. The van der Waals surface area contributed by atoms with Crippen LogP contribution in [0.1, 0.15) is 38.2 Å². The summed E-state index contributed by atoms with van der Waals surface area (Å²) in [7, 11) is 0. The summed E-state index contributed by atoms with van der Waals surface area (Å²) in [5.41, 5.74) is 0.615. The molecule has 1 aromatic rings. The molecule has 0 bridgehead atoms. The van der Waals surface area contributed by atoms with E-state index in [1.54, 1.807) is 31.2 Å². The van der Waals surface area contributed by atoms with Gasteiger partial charge in [0.1, 0.15) is 5.75 Å². The van der Waals surface area contributed by atoms with Gasteiger partial charge in [-0.25, -0.2) is 0 Å². The number of hydrogen-bond donors (Lipinski definition) is 1. The SMILES string of the molecule is CCCCOC(=O)C(C)c1ccccc1O. The average molecular weight is 222 g/mol. The smallest absolute Gasteiger partial charge is 0.313 e. The molecule has 16 heavy (non-hydrogen) atoms. The number of ether oxygens (including phenoxy) is 1. The quantitative estimate of drug-likeness (QED) is 0.615. The summed E-state index contributed by atoms with van der Waals surface area (Å²) in [6.45, 7) is 4.23. The summed E-state index contributed by atoms with van der Waals surface area (Å²) < 4.78 is 5.10. The second-order valence-corrected chi connectivity index (χ2v) is 3.80. The van der Waals surface area contributed by atoms with Gasteiger partial charge >= 0.3 is 5.97 Å². The molecule has 0 aliphatic rings. The van der Waals surface area contributed by atoms with Crippen molar-refractivity contribution < 1.29 is 14.6 Å². The zero-order valence-electron chi connectivity index (χ0n) is 9.77. The molecule has 0 aliphatic carbocycles. The minimum Gasteiger partial charge on any atom is -0.508 e. The predicted molar refractivity (Wildman–Crippen MR) is 62.4 cm³/mol. The summed E-state index contributed by atoms with van der Waals surface area (Å²) in [6.07, 6.45) is 1.87. The highest BCUT2D eigenvalue weighted by atomic mass is 16.5. The Morgan fingerprint density at radius 1 is 1.44 bits per heavy atom. The zero-order chi connectivity index (χ0) is 12.0. The monoisotopic (exact) mass is 222 g/mol. The maximum Gasteiger partial charge on any atom is 0.313 e. The average Bonchev–Trinajstić information content (AvgIpc) is 2.29. The lowest BCUT2D eigenvalue weighted by Crippen LogP contribution is -2.14. The fourth-order valence-electron chi connectivity index (χ4n) is 1.42. The molecule has 88 valence electrons. The summed E-state index contributed by atoms with van der Waals surface area (Å²) >= 11 is 0. The lowest BCUT2D eigenvalue weighted by Gasteiger charge is -2.12. The van der Waals surface area contributed by atoms with Crippen LogP contribution in [0.5, 0.6) is 5.75 Å². The van der Waals surface area contributed by atoms with E-state index in [9.17, 15) is 9.90 Å². The molecule has 1 unspecified atom stereocenters. The van der Waals surface area contributed by atoms with Gasteiger partial charge in [-0.15, -0.1) is 0 Å². The standard InChI is InChI=1S/C13H18O3/c1-3-4-9-16-13(15)10(2)11-7-5-6-8-12(11)14/h5-8,10,14H,3-4,9H2,1-2H3. The largest absolute Gasteiger partial charge is 0.508 e. The molecular weight excluding hydrogens is 204 g/mol. The lowest BCUT2D eigenvalue weighted by molar-refractivity contribution is -0.145. The second-order valence-electron chi connectivity index (χ2n) is 3.80. The fourth-order valence-corrected chi connectivity index (χ4v) is 1.42. The molecule has 3 heteroatoms. The van der Waals surface area contributed by atoms with Crippen molar-refractivity contribution in [2.24, 2.45) is 0 Å². The van der Waals surface area contributed by atoms with Gasteiger partial charge in [-0.05, 0) is 19.4 Å². The highest BCUT2D eigenvalue weighted by Gasteiger charge is 2.19. The number of esters is 1. The number of hydrogen-bond acceptors (Lipinski definition) is 3. The number of unbranched alkanes of at least 4 members (excludes halogenated alkanes) is 1. The molecule has 3 nitrogen and oxygen atoms in total. The van der Waals surface area contributed by atoms with E-state index in [0.29, 0.717) is 12.2 Å². The van der Waals surface area contributed by atoms with Crippen molar-refractivity contribution in [3.05, 3.63) is 29.8 Å². The van der Waals surface area contributed by atoms with Gasteiger partial charge in [0, 0.05) is 5.56 Å². The Bertz CT molecular complexity index is 347. The van der Waals surface area contributed by atoms with Crippen LogP contribution in [0.2, 0.25) is 0 Å². The Kier molecular flexibility index (Phi) is 4.83. The van der Waals surface area contributed by atoms with E-state index < -0.39 is 5.92 Å². The Morgan fingerprint density at radius 2 is 2.12 bits per heavy atom. The van der Waals surface area contributed by atoms with E-state index >= 15 is 0 Å². The molecule has 0 saturated heterocycles. The van der Waals surface area contributed by atoms with Gasteiger partial charge in [-0.1, -0.05) is 31.5 Å². The molecule has 0 amide bonds. The van der Waals surface area contributed by atoms with Crippen molar-refractivity contribution in [3.63, 3.8) is 0 Å². The number of rotatable bonds is 5. The van der Waals surface area contributed by atoms with E-state index in [4.69, 9.17) is 4.74 Å². The number of carbonyl (C=O) groups is 1. The van der Waals surface area contributed by atoms with Crippen LogP contribution in [-0.2, 0) is 9.53 Å². The van der Waals surface area contributed by atoms with Gasteiger partial charge in [-0.2, -0.15) is 0 Å². The molecule has 1 aromatic carbocycles. The van der Waals surface area contributed by atoms with Crippen molar-refractivity contribution in [3.8, 4) is 5.75 Å². The van der Waals surface area contributed by atoms with Crippen LogP contribution >= 0.6 is 0 Å². The summed E-state index contributed by atoms with van der Waals surface area (Å²) in [6, 6.07) is 6.84. The van der Waals surface area contributed by atoms with E-state index in [1.807, 2.05) is 6.92 Å². The third-order valence-corrected chi connectivity index (χ3v) is 2.50. The van der Waals surface area contributed by atoms with Gasteiger partial charge in [0.15, 0.2) is 0 Å². The highest BCUT2D eigenvalue weighted by molar-refractivity contribution is 5.78. The number of phenolic OH excluding ortho intramolecular Hbond substituents is 1. The number of para-hydroxylation sites is 1. The van der Waals surface area contributed by atoms with Gasteiger partial charge in [0.05, 0.1) is 12.5 Å². The van der Waals surface area contributed by atoms with Crippen LogP contribution in [0.4, 0.5) is 0 Å². The van der Waals surface area contributed by atoms with Gasteiger partial charge < -0.3 is 9.84 Å². The molecule has 0 saturated carbocycles. The van der Waals surface area contributed by atoms with Crippen LogP contribution < -0.4 is 0 Å². The second kappa shape index (κ2) is 6.16. The number of benzene rings is 1. The van der Waals surface area contributed by atoms with Crippen LogP contribution in [0.15, 0.2) is 24.3 Å². The fraction of sp³-hybridized carbons (Fsp3) is 0.462. The topological polar surface area (TPSA) is 46.5 Å². The van der Waals surface area contributed by atoms with Gasteiger partial charge in [0.25, 0.3) is 0 Å². The Morgan fingerprint density at radius 3 is 2.75 bits per heavy atom. The Balaban J connectivity index is 2.60. The summed E-state index contributed by atoms with van der Waals surface area (Å²) in [5.74, 6) is -0.560. The molecule has 0 radical (unpaired) electrons. The third-order valence-electron chi connectivity index (χ3n) is 2.50. The van der Waals surface area contributed by atoms with Crippen LogP contribution in [0, 0.1) is 0 Å². The third kappa shape index (κ3) is 3.26. The van der Waals surface area contributed by atoms with Crippen LogP contribution in [-0.4, -0.2) is 17.7 Å². The number of phenols is 1. The van der Waals surface area contributed by atoms with E-state index in [2.05, 4.69) is 0 Å². The molecule has 0 fully saturated rings. The molecule has 1 N–H and O–H groups in total. The predicted octanol–water partition coefficient (Wildman–Crippen LogP) is 2.84. The van der Waals surface area contributed by atoms with E-state index in [-0.39, 0.29) is 11.7 Å². The molecule has 0 aliphatic heterocycles. The molecule has 0 heterocycles. The molecule has 0 spiro atoms. The minimum atomic E-state index is -0.418. The molecular formula is C13H18O3. The minimum absolute atomic E-state index is 0.141. The molecule has 1 rings (SSSR count). The first-order valence-electron chi connectivity index (χ1n) is 5.61. The first-order chi connectivity index (χ1) is 7.66. The Hall–Kier alpha value is -1.51. The lowest BCUT2D eigenvalue weighted by atomic mass is 10.0. The summed E-state index contributed by atoms with van der Waals surface area (Å²) in [4.78, 5) is 11.6. The molecule has 1 atom stereocenters. The number of aromatic hydroxyl groups is 1. The normalized spacial score (nSPS) is 12.1. The van der Waals surface area contributed by atoms with Gasteiger partial charge in [0.2, 0.25) is 0 Å². The first kappa shape index (κ1) is 12.6. The van der Waals surface area contributed by atoms with Crippen molar-refractivity contribution in [2.75, 3.05) is 6.61 Å².